The molecule has 0 radical (unpaired) electrons. The number of para-hydroxylation sites is 2. The molecule has 3 aromatic carbocycles. The molecule has 3 rings (SSSR count). The van der Waals surface area contributed by atoms with Crippen molar-refractivity contribution in [2.45, 2.75) is 11.8 Å². The molecule has 0 atom stereocenters. The average molecular weight is 412 g/mol. The van der Waals surface area contributed by atoms with Crippen molar-refractivity contribution in [2.24, 2.45) is 0 Å². The molecule has 150 valence electrons. The molecule has 0 saturated carbocycles. The van der Waals surface area contributed by atoms with E-state index in [0.29, 0.717) is 18.0 Å². The number of anilines is 2. The van der Waals surface area contributed by atoms with Crippen LogP contribution in [0, 0.1) is 0 Å². The van der Waals surface area contributed by atoms with Crippen molar-refractivity contribution < 1.29 is 23.1 Å². The zero-order chi connectivity index (χ0) is 20.9. The number of phenolic OH excluding ortho intramolecular Hbond substituents is 1. The van der Waals surface area contributed by atoms with Crippen LogP contribution in [0.2, 0.25) is 0 Å². The van der Waals surface area contributed by atoms with Crippen LogP contribution in [0.3, 0.4) is 0 Å². The van der Waals surface area contributed by atoms with Gasteiger partial charge in [-0.2, -0.15) is 0 Å². The molecule has 0 spiro atoms. The number of benzene rings is 3. The third-order valence-corrected chi connectivity index (χ3v) is 5.36. The van der Waals surface area contributed by atoms with Crippen LogP contribution in [-0.2, 0) is 10.0 Å². The van der Waals surface area contributed by atoms with Crippen LogP contribution >= 0.6 is 0 Å². The van der Waals surface area contributed by atoms with Gasteiger partial charge < -0.3 is 15.2 Å². The Morgan fingerprint density at radius 1 is 1.00 bits per heavy atom. The van der Waals surface area contributed by atoms with E-state index in [4.69, 9.17) is 4.74 Å². The number of hydrogen-bond acceptors (Lipinski definition) is 5. The number of nitrogens with one attached hydrogen (secondary N) is 2. The van der Waals surface area contributed by atoms with Gasteiger partial charge in [-0.1, -0.05) is 18.2 Å². The van der Waals surface area contributed by atoms with Gasteiger partial charge in [0, 0.05) is 11.3 Å². The Hall–Kier alpha value is -3.52. The molecule has 3 N–H and O–H groups in total. The number of hydrogen-bond donors (Lipinski definition) is 3. The Bertz CT molecular complexity index is 1110. The smallest absolute Gasteiger partial charge is 0.261 e. The van der Waals surface area contributed by atoms with E-state index in [0.717, 1.165) is 0 Å². The lowest BCUT2D eigenvalue weighted by molar-refractivity contribution is 0.102. The maximum Gasteiger partial charge on any atom is 0.261 e. The summed E-state index contributed by atoms with van der Waals surface area (Å²) < 4.78 is 33.2. The zero-order valence-electron chi connectivity index (χ0n) is 15.6. The highest BCUT2D eigenvalue weighted by Crippen LogP contribution is 2.23. The fraction of sp³-hybridized carbons (Fsp3) is 0.0952. The molecule has 0 unspecified atom stereocenters. The number of aromatic hydroxyl groups is 1. The maximum absolute atomic E-state index is 12.7. The highest BCUT2D eigenvalue weighted by atomic mass is 32.2. The first kappa shape index (κ1) is 20.2. The van der Waals surface area contributed by atoms with Gasteiger partial charge >= 0.3 is 0 Å². The average Bonchev–Trinajstić information content (AvgIpc) is 2.71. The van der Waals surface area contributed by atoms with E-state index in [1.165, 1.54) is 30.3 Å². The number of rotatable bonds is 7. The van der Waals surface area contributed by atoms with E-state index in [9.17, 15) is 18.3 Å². The second-order valence-electron chi connectivity index (χ2n) is 6.06. The van der Waals surface area contributed by atoms with Gasteiger partial charge in [0.05, 0.1) is 17.2 Å². The van der Waals surface area contributed by atoms with Gasteiger partial charge in [-0.25, -0.2) is 8.42 Å². The lowest BCUT2D eigenvalue weighted by Gasteiger charge is -2.11. The van der Waals surface area contributed by atoms with Gasteiger partial charge in [0.2, 0.25) is 0 Å². The van der Waals surface area contributed by atoms with Crippen molar-refractivity contribution in [1.82, 2.24) is 0 Å². The molecule has 0 aliphatic rings. The fourth-order valence-corrected chi connectivity index (χ4v) is 3.68. The SMILES string of the molecule is CCOc1ccc(NS(=O)(=O)c2cccc(C(=O)Nc3ccccc3O)c2)cc1. The number of carbonyl (C=O) groups is 1. The normalized spacial score (nSPS) is 10.9. The Labute approximate surface area is 169 Å². The van der Waals surface area contributed by atoms with E-state index in [-0.39, 0.29) is 21.9 Å². The molecule has 8 heteroatoms. The Morgan fingerprint density at radius 3 is 2.41 bits per heavy atom. The summed E-state index contributed by atoms with van der Waals surface area (Å²) in [5, 5.41) is 12.3. The van der Waals surface area contributed by atoms with E-state index < -0.39 is 15.9 Å². The van der Waals surface area contributed by atoms with Gasteiger partial charge in [-0.3, -0.25) is 9.52 Å². The zero-order valence-corrected chi connectivity index (χ0v) is 16.4. The number of amides is 1. The summed E-state index contributed by atoms with van der Waals surface area (Å²) in [5.74, 6) is 0.0182. The highest BCUT2D eigenvalue weighted by Gasteiger charge is 2.17. The van der Waals surface area contributed by atoms with E-state index in [1.807, 2.05) is 6.92 Å². The fourth-order valence-electron chi connectivity index (χ4n) is 2.58. The predicted molar refractivity (Wildman–Crippen MR) is 111 cm³/mol. The van der Waals surface area contributed by atoms with Crippen molar-refractivity contribution in [3.05, 3.63) is 78.4 Å². The minimum Gasteiger partial charge on any atom is -0.506 e. The van der Waals surface area contributed by atoms with Gasteiger partial charge in [-0.05, 0) is 61.5 Å². The number of ether oxygens (including phenoxy) is 1. The molecule has 0 saturated heterocycles. The third-order valence-electron chi connectivity index (χ3n) is 3.98. The molecular weight excluding hydrogens is 392 g/mol. The van der Waals surface area contributed by atoms with Gasteiger partial charge in [-0.15, -0.1) is 0 Å². The molecule has 3 aromatic rings. The van der Waals surface area contributed by atoms with Crippen molar-refractivity contribution in [3.63, 3.8) is 0 Å². The Kier molecular flexibility index (Phi) is 6.04. The molecule has 0 bridgehead atoms. The van der Waals surface area contributed by atoms with Crippen molar-refractivity contribution in [2.75, 3.05) is 16.6 Å². The van der Waals surface area contributed by atoms with Crippen LogP contribution in [0.15, 0.2) is 77.7 Å². The maximum atomic E-state index is 12.7. The largest absolute Gasteiger partial charge is 0.506 e. The number of sulfonamides is 1. The second-order valence-corrected chi connectivity index (χ2v) is 7.74. The lowest BCUT2D eigenvalue weighted by atomic mass is 10.2. The van der Waals surface area contributed by atoms with E-state index in [2.05, 4.69) is 10.0 Å². The van der Waals surface area contributed by atoms with Crippen molar-refractivity contribution in [3.8, 4) is 11.5 Å². The number of carbonyl (C=O) groups excluding carboxylic acids is 1. The summed E-state index contributed by atoms with van der Waals surface area (Å²) >= 11 is 0. The van der Waals surface area contributed by atoms with Crippen LogP contribution in [0.4, 0.5) is 11.4 Å². The Morgan fingerprint density at radius 2 is 1.72 bits per heavy atom. The first-order valence-electron chi connectivity index (χ1n) is 8.84. The molecule has 0 heterocycles. The molecule has 0 aliphatic carbocycles. The molecule has 0 aliphatic heterocycles. The number of phenols is 1. The summed E-state index contributed by atoms with van der Waals surface area (Å²) in [6, 6.07) is 18.4. The summed E-state index contributed by atoms with van der Waals surface area (Å²) in [5.41, 5.74) is 0.749. The monoisotopic (exact) mass is 412 g/mol. The molecule has 1 amide bonds. The van der Waals surface area contributed by atoms with Crippen LogP contribution in [-0.4, -0.2) is 26.0 Å². The van der Waals surface area contributed by atoms with E-state index >= 15 is 0 Å². The summed E-state index contributed by atoms with van der Waals surface area (Å²) in [7, 11) is -3.90. The van der Waals surface area contributed by atoms with Gasteiger partial charge in [0.25, 0.3) is 15.9 Å². The third kappa shape index (κ3) is 5.05. The predicted octanol–water partition coefficient (Wildman–Crippen LogP) is 3.84. The standard InChI is InChI=1S/C21H20N2O5S/c1-2-28-17-12-10-16(11-13-17)23-29(26,27)18-7-5-6-15(14-18)21(25)22-19-8-3-4-9-20(19)24/h3-14,23-24H,2H2,1H3,(H,22,25). The first-order valence-corrected chi connectivity index (χ1v) is 10.3. The minimum atomic E-state index is -3.90. The highest BCUT2D eigenvalue weighted by molar-refractivity contribution is 7.92. The summed E-state index contributed by atoms with van der Waals surface area (Å²) in [6.07, 6.45) is 0. The second kappa shape index (κ2) is 8.66. The van der Waals surface area contributed by atoms with Crippen LogP contribution in [0.5, 0.6) is 11.5 Å². The molecule has 0 fully saturated rings. The molecular formula is C21H20N2O5S. The lowest BCUT2D eigenvalue weighted by Crippen LogP contribution is -2.16. The van der Waals surface area contributed by atoms with Crippen molar-refractivity contribution in [1.29, 1.82) is 0 Å². The molecule has 0 aromatic heterocycles. The van der Waals surface area contributed by atoms with Crippen LogP contribution in [0.25, 0.3) is 0 Å². The summed E-state index contributed by atoms with van der Waals surface area (Å²) in [6.45, 7) is 2.37. The quantitative estimate of drug-likeness (QED) is 0.512. The minimum absolute atomic E-state index is 0.0590. The topological polar surface area (TPSA) is 105 Å². The molecule has 29 heavy (non-hydrogen) atoms. The van der Waals surface area contributed by atoms with Gasteiger partial charge in [0.1, 0.15) is 11.5 Å². The van der Waals surface area contributed by atoms with Crippen LogP contribution < -0.4 is 14.8 Å². The van der Waals surface area contributed by atoms with E-state index in [1.54, 1.807) is 42.5 Å². The van der Waals surface area contributed by atoms with Crippen LogP contribution in [0.1, 0.15) is 17.3 Å². The molecule has 7 nitrogen and oxygen atoms in total. The first-order chi connectivity index (χ1) is 13.9. The summed E-state index contributed by atoms with van der Waals surface area (Å²) in [4.78, 5) is 12.4. The van der Waals surface area contributed by atoms with Crippen molar-refractivity contribution >= 4 is 27.3 Å². The van der Waals surface area contributed by atoms with Gasteiger partial charge in [0.15, 0.2) is 0 Å². The Balaban J connectivity index is 1.78.